The predicted molar refractivity (Wildman–Crippen MR) is 64.8 cm³/mol. The number of rotatable bonds is 4. The molecule has 2 aromatic rings. The highest BCUT2D eigenvalue weighted by molar-refractivity contribution is 7.89. The van der Waals surface area contributed by atoms with Gasteiger partial charge in [0.15, 0.2) is 0 Å². The number of benzene rings is 1. The van der Waals surface area contributed by atoms with E-state index in [-0.39, 0.29) is 5.75 Å². The maximum absolute atomic E-state index is 11.3. The Hall–Kier alpha value is -1.33. The zero-order valence-corrected chi connectivity index (χ0v) is 9.84. The van der Waals surface area contributed by atoms with Gasteiger partial charge in [-0.25, -0.2) is 13.1 Å². The zero-order valence-electron chi connectivity index (χ0n) is 9.03. The van der Waals surface area contributed by atoms with Gasteiger partial charge in [0.05, 0.1) is 5.75 Å². The van der Waals surface area contributed by atoms with Crippen LogP contribution in [0.5, 0.6) is 0 Å². The Labute approximate surface area is 94.7 Å². The summed E-state index contributed by atoms with van der Waals surface area (Å²) in [4.78, 5) is 3.10. The number of aromatic amines is 1. The highest BCUT2D eigenvalue weighted by atomic mass is 32.2. The first kappa shape index (κ1) is 11.2. The van der Waals surface area contributed by atoms with Crippen LogP contribution in [0, 0.1) is 0 Å². The topological polar surface area (TPSA) is 62.0 Å². The molecule has 86 valence electrons. The summed E-state index contributed by atoms with van der Waals surface area (Å²) in [5.41, 5.74) is 2.10. The largest absolute Gasteiger partial charge is 0.361 e. The number of fused-ring (bicyclic) bond motifs is 1. The van der Waals surface area contributed by atoms with Gasteiger partial charge in [0.2, 0.25) is 10.0 Å². The van der Waals surface area contributed by atoms with Gasteiger partial charge in [-0.3, -0.25) is 0 Å². The maximum Gasteiger partial charge on any atom is 0.211 e. The number of hydrogen-bond acceptors (Lipinski definition) is 2. The van der Waals surface area contributed by atoms with Crippen LogP contribution < -0.4 is 4.72 Å². The molecule has 0 atom stereocenters. The van der Waals surface area contributed by atoms with Crippen LogP contribution in [-0.4, -0.2) is 26.2 Å². The molecule has 1 aromatic carbocycles. The molecular weight excluding hydrogens is 224 g/mol. The van der Waals surface area contributed by atoms with E-state index in [1.807, 2.05) is 30.5 Å². The molecule has 0 aliphatic heterocycles. The number of hydrogen-bond donors (Lipinski definition) is 2. The molecule has 0 saturated heterocycles. The molecule has 1 heterocycles. The summed E-state index contributed by atoms with van der Waals surface area (Å²) in [7, 11) is -1.68. The third-order valence-corrected chi connectivity index (χ3v) is 3.95. The molecule has 0 aliphatic carbocycles. The third kappa shape index (κ3) is 2.43. The van der Waals surface area contributed by atoms with Crippen molar-refractivity contribution in [3.8, 4) is 0 Å². The van der Waals surface area contributed by atoms with Gasteiger partial charge in [0, 0.05) is 11.7 Å². The van der Waals surface area contributed by atoms with Crippen LogP contribution in [0.1, 0.15) is 5.56 Å². The average molecular weight is 238 g/mol. The molecule has 0 amide bonds. The first-order valence-electron chi connectivity index (χ1n) is 5.08. The second kappa shape index (κ2) is 4.27. The van der Waals surface area contributed by atoms with Crippen LogP contribution in [0.25, 0.3) is 10.9 Å². The van der Waals surface area contributed by atoms with Crippen molar-refractivity contribution in [1.29, 1.82) is 0 Å². The van der Waals surface area contributed by atoms with Crippen LogP contribution in [0.4, 0.5) is 0 Å². The molecule has 5 heteroatoms. The minimum absolute atomic E-state index is 0.124. The van der Waals surface area contributed by atoms with E-state index in [1.165, 1.54) is 7.05 Å². The molecule has 4 nitrogen and oxygen atoms in total. The third-order valence-electron chi connectivity index (χ3n) is 2.59. The Kier molecular flexibility index (Phi) is 2.98. The van der Waals surface area contributed by atoms with Gasteiger partial charge in [-0.15, -0.1) is 0 Å². The van der Waals surface area contributed by atoms with Crippen LogP contribution in [-0.2, 0) is 16.4 Å². The quantitative estimate of drug-likeness (QED) is 0.842. The highest BCUT2D eigenvalue weighted by Crippen LogP contribution is 2.14. The van der Waals surface area contributed by atoms with Crippen molar-refractivity contribution in [2.75, 3.05) is 12.8 Å². The summed E-state index contributed by atoms with van der Waals surface area (Å²) in [5, 5.41) is 1.11. The summed E-state index contributed by atoms with van der Waals surface area (Å²) in [5.74, 6) is 0.124. The fraction of sp³-hybridized carbons (Fsp3) is 0.273. The van der Waals surface area contributed by atoms with E-state index in [1.54, 1.807) is 0 Å². The summed E-state index contributed by atoms with van der Waals surface area (Å²) in [6, 6.07) is 7.91. The standard InChI is InChI=1S/C11H14N2O2S/c1-12-16(14,15)7-5-9-2-3-11-10(8-9)4-6-13-11/h2-4,6,8,12-13H,5,7H2,1H3. The van der Waals surface area contributed by atoms with Crippen LogP contribution >= 0.6 is 0 Å². The molecule has 0 fully saturated rings. The summed E-state index contributed by atoms with van der Waals surface area (Å²) in [6.07, 6.45) is 2.41. The van der Waals surface area contributed by atoms with Gasteiger partial charge >= 0.3 is 0 Å². The maximum atomic E-state index is 11.3. The number of aryl methyl sites for hydroxylation is 1. The monoisotopic (exact) mass is 238 g/mol. The van der Waals surface area contributed by atoms with Crippen molar-refractivity contribution in [1.82, 2.24) is 9.71 Å². The molecule has 0 saturated carbocycles. The SMILES string of the molecule is CNS(=O)(=O)CCc1ccc2[nH]ccc2c1. The fourth-order valence-electron chi connectivity index (χ4n) is 1.61. The predicted octanol–water partition coefficient (Wildman–Crippen LogP) is 1.26. The van der Waals surface area contributed by atoms with Crippen molar-refractivity contribution < 1.29 is 8.42 Å². The Balaban J connectivity index is 2.15. The van der Waals surface area contributed by atoms with Crippen molar-refractivity contribution in [3.63, 3.8) is 0 Å². The minimum atomic E-state index is -3.12. The second-order valence-electron chi connectivity index (χ2n) is 3.67. The van der Waals surface area contributed by atoms with Crippen LogP contribution in [0.2, 0.25) is 0 Å². The lowest BCUT2D eigenvalue weighted by Crippen LogP contribution is -2.23. The molecule has 1 aromatic heterocycles. The Morgan fingerprint density at radius 2 is 2.12 bits per heavy atom. The van der Waals surface area contributed by atoms with Gasteiger partial charge < -0.3 is 4.98 Å². The highest BCUT2D eigenvalue weighted by Gasteiger charge is 2.07. The molecule has 2 N–H and O–H groups in total. The van der Waals surface area contributed by atoms with E-state index in [9.17, 15) is 8.42 Å². The molecule has 0 bridgehead atoms. The van der Waals surface area contributed by atoms with Gasteiger partial charge in [0.1, 0.15) is 0 Å². The van der Waals surface area contributed by atoms with E-state index in [0.717, 1.165) is 16.5 Å². The van der Waals surface area contributed by atoms with Gasteiger partial charge in [-0.05, 0) is 42.6 Å². The van der Waals surface area contributed by atoms with E-state index >= 15 is 0 Å². The molecule has 0 spiro atoms. The number of aromatic nitrogens is 1. The molecule has 0 aliphatic rings. The first-order chi connectivity index (χ1) is 7.61. The van der Waals surface area contributed by atoms with Crippen molar-refractivity contribution in [2.45, 2.75) is 6.42 Å². The Morgan fingerprint density at radius 1 is 1.31 bits per heavy atom. The Bertz CT molecular complexity index is 587. The van der Waals surface area contributed by atoms with Gasteiger partial charge in [-0.1, -0.05) is 6.07 Å². The number of H-pyrrole nitrogens is 1. The number of nitrogens with one attached hydrogen (secondary N) is 2. The van der Waals surface area contributed by atoms with Crippen molar-refractivity contribution in [2.24, 2.45) is 0 Å². The fourth-order valence-corrected chi connectivity index (χ4v) is 2.32. The number of sulfonamides is 1. The van der Waals surface area contributed by atoms with E-state index in [4.69, 9.17) is 0 Å². The van der Waals surface area contributed by atoms with Gasteiger partial charge in [0.25, 0.3) is 0 Å². The molecule has 0 unspecified atom stereocenters. The second-order valence-corrected chi connectivity index (χ2v) is 5.72. The Morgan fingerprint density at radius 3 is 2.88 bits per heavy atom. The lowest BCUT2D eigenvalue weighted by molar-refractivity contribution is 0.587. The average Bonchev–Trinajstić information content (AvgIpc) is 2.73. The summed E-state index contributed by atoms with van der Waals surface area (Å²) in [6.45, 7) is 0. The van der Waals surface area contributed by atoms with Gasteiger partial charge in [-0.2, -0.15) is 0 Å². The molecule has 16 heavy (non-hydrogen) atoms. The molecular formula is C11H14N2O2S. The lowest BCUT2D eigenvalue weighted by atomic mass is 10.1. The lowest BCUT2D eigenvalue weighted by Gasteiger charge is -2.03. The molecule has 0 radical (unpaired) electrons. The summed E-state index contributed by atoms with van der Waals surface area (Å²) >= 11 is 0. The summed E-state index contributed by atoms with van der Waals surface area (Å²) < 4.78 is 24.8. The minimum Gasteiger partial charge on any atom is -0.361 e. The van der Waals surface area contributed by atoms with E-state index in [2.05, 4.69) is 9.71 Å². The van der Waals surface area contributed by atoms with Crippen molar-refractivity contribution >= 4 is 20.9 Å². The van der Waals surface area contributed by atoms with Crippen LogP contribution in [0.15, 0.2) is 30.5 Å². The zero-order chi connectivity index (χ0) is 11.6. The van der Waals surface area contributed by atoms with E-state index < -0.39 is 10.0 Å². The van der Waals surface area contributed by atoms with Crippen molar-refractivity contribution in [3.05, 3.63) is 36.0 Å². The smallest absolute Gasteiger partial charge is 0.211 e. The first-order valence-corrected chi connectivity index (χ1v) is 6.73. The molecule has 2 rings (SSSR count). The van der Waals surface area contributed by atoms with E-state index in [0.29, 0.717) is 6.42 Å². The normalized spacial score (nSPS) is 12.1. The van der Waals surface area contributed by atoms with Crippen LogP contribution in [0.3, 0.4) is 0 Å².